The van der Waals surface area contributed by atoms with Gasteiger partial charge in [0, 0.05) is 4.47 Å². The van der Waals surface area contributed by atoms with E-state index in [1.807, 2.05) is 6.92 Å². The van der Waals surface area contributed by atoms with Crippen LogP contribution in [0.4, 0.5) is 0 Å². The van der Waals surface area contributed by atoms with Crippen LogP contribution in [0.15, 0.2) is 39.9 Å². The molecular formula is C18H18BrClN2O4. The fourth-order valence-electron chi connectivity index (χ4n) is 2.18. The number of rotatable bonds is 7. The summed E-state index contributed by atoms with van der Waals surface area (Å²) in [6.07, 6.45) is 1.46. The molecule has 0 bridgehead atoms. The van der Waals surface area contributed by atoms with E-state index in [1.54, 1.807) is 30.3 Å². The van der Waals surface area contributed by atoms with Gasteiger partial charge in [-0.25, -0.2) is 5.43 Å². The van der Waals surface area contributed by atoms with E-state index in [1.165, 1.54) is 20.4 Å². The Morgan fingerprint density at radius 2 is 1.96 bits per heavy atom. The number of halogens is 2. The first-order valence-corrected chi connectivity index (χ1v) is 8.84. The largest absolute Gasteiger partial charge is 0.496 e. The zero-order valence-corrected chi connectivity index (χ0v) is 16.8. The third kappa shape index (κ3) is 4.89. The van der Waals surface area contributed by atoms with Crippen LogP contribution in [-0.4, -0.2) is 32.9 Å². The second kappa shape index (κ2) is 9.45. The summed E-state index contributed by atoms with van der Waals surface area (Å²) in [6.45, 7) is 2.32. The molecule has 0 atom stereocenters. The van der Waals surface area contributed by atoms with Crippen molar-refractivity contribution in [1.82, 2.24) is 5.43 Å². The lowest BCUT2D eigenvalue weighted by atomic mass is 10.2. The van der Waals surface area contributed by atoms with Crippen LogP contribution in [0.2, 0.25) is 5.02 Å². The molecule has 26 heavy (non-hydrogen) atoms. The van der Waals surface area contributed by atoms with Crippen LogP contribution in [0.3, 0.4) is 0 Å². The van der Waals surface area contributed by atoms with E-state index in [0.29, 0.717) is 40.0 Å². The third-order valence-corrected chi connectivity index (χ3v) is 4.10. The highest BCUT2D eigenvalue weighted by molar-refractivity contribution is 9.10. The van der Waals surface area contributed by atoms with Crippen LogP contribution >= 0.6 is 27.5 Å². The molecule has 0 fully saturated rings. The Kier molecular flexibility index (Phi) is 7.29. The number of benzene rings is 2. The molecule has 138 valence electrons. The fraction of sp³-hybridized carbons (Fsp3) is 0.222. The molecule has 0 saturated heterocycles. The molecule has 2 aromatic carbocycles. The number of amides is 1. The quantitative estimate of drug-likeness (QED) is 0.514. The Labute approximate surface area is 165 Å². The summed E-state index contributed by atoms with van der Waals surface area (Å²) in [5.74, 6) is 1.01. The van der Waals surface area contributed by atoms with Gasteiger partial charge in [-0.3, -0.25) is 4.79 Å². The average molecular weight is 442 g/mol. The Hall–Kier alpha value is -2.25. The highest BCUT2D eigenvalue weighted by Crippen LogP contribution is 2.36. The van der Waals surface area contributed by atoms with Crippen molar-refractivity contribution in [2.24, 2.45) is 5.10 Å². The van der Waals surface area contributed by atoms with Gasteiger partial charge in [0.25, 0.3) is 5.91 Å². The van der Waals surface area contributed by atoms with Crippen LogP contribution in [0.1, 0.15) is 22.8 Å². The molecule has 6 nitrogen and oxygen atoms in total. The summed E-state index contributed by atoms with van der Waals surface area (Å²) in [4.78, 5) is 12.3. The molecule has 0 heterocycles. The Morgan fingerprint density at radius 1 is 1.23 bits per heavy atom. The summed E-state index contributed by atoms with van der Waals surface area (Å²) in [5, 5.41) is 4.36. The van der Waals surface area contributed by atoms with Gasteiger partial charge in [-0.15, -0.1) is 0 Å². The molecule has 1 amide bonds. The highest BCUT2D eigenvalue weighted by atomic mass is 79.9. The molecule has 0 aliphatic heterocycles. The van der Waals surface area contributed by atoms with Crippen LogP contribution in [0.5, 0.6) is 17.2 Å². The van der Waals surface area contributed by atoms with E-state index in [4.69, 9.17) is 25.8 Å². The van der Waals surface area contributed by atoms with Gasteiger partial charge < -0.3 is 14.2 Å². The molecule has 0 unspecified atom stereocenters. The minimum absolute atomic E-state index is 0.362. The molecule has 2 rings (SSSR count). The van der Waals surface area contributed by atoms with Crippen molar-refractivity contribution in [3.8, 4) is 17.2 Å². The van der Waals surface area contributed by atoms with Gasteiger partial charge in [-0.2, -0.15) is 5.10 Å². The molecular weight excluding hydrogens is 424 g/mol. The van der Waals surface area contributed by atoms with Crippen molar-refractivity contribution in [2.75, 3.05) is 20.8 Å². The maximum Gasteiger partial charge on any atom is 0.275 e. The van der Waals surface area contributed by atoms with Gasteiger partial charge in [-0.05, 0) is 42.8 Å². The molecule has 0 aliphatic carbocycles. The zero-order valence-electron chi connectivity index (χ0n) is 14.5. The molecule has 2 aromatic rings. The van der Waals surface area contributed by atoms with E-state index in [0.717, 1.165) is 4.47 Å². The van der Waals surface area contributed by atoms with Gasteiger partial charge in [0.2, 0.25) is 0 Å². The van der Waals surface area contributed by atoms with Crippen molar-refractivity contribution in [2.45, 2.75) is 6.92 Å². The standard InChI is InChI=1S/C18H18BrClN2O4/c1-4-26-17-14(20)7-11(8-16(17)25-3)10-21-22-18(23)13-9-12(19)5-6-15(13)24-2/h5-10H,4H2,1-3H3,(H,22,23)/b21-10+. The lowest BCUT2D eigenvalue weighted by molar-refractivity contribution is 0.0952. The van der Waals surface area contributed by atoms with E-state index in [2.05, 4.69) is 26.5 Å². The average Bonchev–Trinajstić information content (AvgIpc) is 2.63. The molecule has 1 N–H and O–H groups in total. The second-order valence-electron chi connectivity index (χ2n) is 5.01. The topological polar surface area (TPSA) is 69.2 Å². The molecule has 8 heteroatoms. The van der Waals surface area contributed by atoms with E-state index in [9.17, 15) is 4.79 Å². The molecule has 0 aliphatic rings. The summed E-state index contributed by atoms with van der Waals surface area (Å²) in [7, 11) is 3.02. The van der Waals surface area contributed by atoms with E-state index in [-0.39, 0.29) is 0 Å². The second-order valence-corrected chi connectivity index (χ2v) is 6.33. The first-order valence-electron chi connectivity index (χ1n) is 7.67. The van der Waals surface area contributed by atoms with Crippen molar-refractivity contribution in [1.29, 1.82) is 0 Å². The number of ether oxygens (including phenoxy) is 3. The van der Waals surface area contributed by atoms with Gasteiger partial charge in [0.05, 0.1) is 37.6 Å². The number of carbonyl (C=O) groups excluding carboxylic acids is 1. The molecule has 0 saturated carbocycles. The predicted octanol–water partition coefficient (Wildman–Crippen LogP) is 4.28. The number of methoxy groups -OCH3 is 2. The number of nitrogens with zero attached hydrogens (tertiary/aromatic N) is 1. The smallest absolute Gasteiger partial charge is 0.275 e. The Balaban J connectivity index is 2.17. The fourth-order valence-corrected chi connectivity index (χ4v) is 2.82. The molecule has 0 aromatic heterocycles. The van der Waals surface area contributed by atoms with Gasteiger partial charge in [-0.1, -0.05) is 27.5 Å². The summed E-state index contributed by atoms with van der Waals surface area (Å²) < 4.78 is 16.7. The summed E-state index contributed by atoms with van der Waals surface area (Å²) >= 11 is 9.54. The zero-order chi connectivity index (χ0) is 19.1. The number of nitrogens with one attached hydrogen (secondary N) is 1. The maximum absolute atomic E-state index is 12.3. The maximum atomic E-state index is 12.3. The van der Waals surface area contributed by atoms with Gasteiger partial charge in [0.1, 0.15) is 5.75 Å². The van der Waals surface area contributed by atoms with Gasteiger partial charge >= 0.3 is 0 Å². The monoisotopic (exact) mass is 440 g/mol. The van der Waals surface area contributed by atoms with Crippen molar-refractivity contribution < 1.29 is 19.0 Å². The number of hydrogen-bond donors (Lipinski definition) is 1. The van der Waals surface area contributed by atoms with Gasteiger partial charge in [0.15, 0.2) is 11.5 Å². The normalized spacial score (nSPS) is 10.7. The minimum Gasteiger partial charge on any atom is -0.496 e. The minimum atomic E-state index is -0.400. The van der Waals surface area contributed by atoms with Crippen LogP contribution < -0.4 is 19.6 Å². The first kappa shape index (κ1) is 20.1. The van der Waals surface area contributed by atoms with Crippen molar-refractivity contribution in [3.05, 3.63) is 51.0 Å². The summed E-state index contributed by atoms with van der Waals surface area (Å²) in [6, 6.07) is 8.52. The lowest BCUT2D eigenvalue weighted by Crippen LogP contribution is -2.18. The van der Waals surface area contributed by atoms with Crippen LogP contribution in [-0.2, 0) is 0 Å². The first-order chi connectivity index (χ1) is 12.5. The predicted molar refractivity (Wildman–Crippen MR) is 105 cm³/mol. The lowest BCUT2D eigenvalue weighted by Gasteiger charge is -2.11. The highest BCUT2D eigenvalue weighted by Gasteiger charge is 2.13. The number of carbonyl (C=O) groups is 1. The summed E-state index contributed by atoms with van der Waals surface area (Å²) in [5.41, 5.74) is 3.47. The molecule has 0 spiro atoms. The van der Waals surface area contributed by atoms with E-state index < -0.39 is 5.91 Å². The number of hydrazone groups is 1. The Bertz CT molecular complexity index is 827. The van der Waals surface area contributed by atoms with E-state index >= 15 is 0 Å². The molecule has 0 radical (unpaired) electrons. The number of hydrogen-bond acceptors (Lipinski definition) is 5. The third-order valence-electron chi connectivity index (χ3n) is 3.33. The van der Waals surface area contributed by atoms with Crippen LogP contribution in [0.25, 0.3) is 0 Å². The van der Waals surface area contributed by atoms with Crippen molar-refractivity contribution in [3.63, 3.8) is 0 Å². The SMILES string of the molecule is CCOc1c(Cl)cc(/C=N/NC(=O)c2cc(Br)ccc2OC)cc1OC. The van der Waals surface area contributed by atoms with Crippen molar-refractivity contribution >= 4 is 39.7 Å². The Morgan fingerprint density at radius 3 is 2.62 bits per heavy atom. The van der Waals surface area contributed by atoms with Crippen LogP contribution in [0, 0.1) is 0 Å².